The number of carbonyl (C=O) groups is 2. The minimum Gasteiger partial charge on any atom is -0.618 e. The van der Waals surface area contributed by atoms with Gasteiger partial charge in [0.15, 0.2) is 6.20 Å². The molecule has 24 heavy (non-hydrogen) atoms. The lowest BCUT2D eigenvalue weighted by Crippen LogP contribution is -2.38. The van der Waals surface area contributed by atoms with Gasteiger partial charge in [-0.15, -0.1) is 0 Å². The first-order chi connectivity index (χ1) is 11.6. The second-order valence-electron chi connectivity index (χ2n) is 4.77. The molecule has 126 valence electrons. The van der Waals surface area contributed by atoms with Gasteiger partial charge in [-0.2, -0.15) is 4.73 Å². The maximum absolute atomic E-state index is 12.6. The highest BCUT2D eigenvalue weighted by atomic mass is 32.2. The molecule has 1 heterocycles. The molecule has 2 rings (SSSR count). The molecule has 0 bridgehead atoms. The summed E-state index contributed by atoms with van der Waals surface area (Å²) >= 11 is 1.13. The third-order valence-electron chi connectivity index (χ3n) is 3.09. The van der Waals surface area contributed by atoms with Crippen LogP contribution >= 0.6 is 11.8 Å². The van der Waals surface area contributed by atoms with E-state index in [1.54, 1.807) is 49.4 Å². The first kappa shape index (κ1) is 17.8. The van der Waals surface area contributed by atoms with Crippen LogP contribution in [0.5, 0.6) is 0 Å². The van der Waals surface area contributed by atoms with E-state index in [1.807, 2.05) is 6.07 Å². The smallest absolute Gasteiger partial charge is 0.326 e. The molecule has 6 nitrogen and oxygen atoms in total. The summed E-state index contributed by atoms with van der Waals surface area (Å²) in [6, 6.07) is 13.9. The van der Waals surface area contributed by atoms with E-state index < -0.39 is 5.97 Å². The zero-order chi connectivity index (χ0) is 17.4. The fraction of sp³-hybridized carbons (Fsp3) is 0.235. The molecule has 0 aliphatic heterocycles. The Kier molecular flexibility index (Phi) is 6.62. The van der Waals surface area contributed by atoms with Crippen molar-refractivity contribution in [2.45, 2.75) is 11.9 Å². The third kappa shape index (κ3) is 4.99. The Morgan fingerprint density at radius 1 is 1.17 bits per heavy atom. The number of carbonyl (C=O) groups excluding carboxylic acids is 2. The van der Waals surface area contributed by atoms with Crippen molar-refractivity contribution in [1.29, 1.82) is 0 Å². The summed E-state index contributed by atoms with van der Waals surface area (Å²) in [7, 11) is 0. The minimum absolute atomic E-state index is 0.0422. The molecule has 0 spiro atoms. The van der Waals surface area contributed by atoms with Crippen molar-refractivity contribution in [3.05, 3.63) is 59.9 Å². The molecule has 1 aromatic carbocycles. The molecule has 0 saturated heterocycles. The van der Waals surface area contributed by atoms with Gasteiger partial charge >= 0.3 is 5.97 Å². The Balaban J connectivity index is 2.09. The predicted molar refractivity (Wildman–Crippen MR) is 91.6 cm³/mol. The summed E-state index contributed by atoms with van der Waals surface area (Å²) in [4.78, 5) is 25.7. The molecular weight excluding hydrogens is 328 g/mol. The van der Waals surface area contributed by atoms with Crippen molar-refractivity contribution >= 4 is 29.3 Å². The number of thioether (sulfide) groups is 1. The van der Waals surface area contributed by atoms with E-state index in [2.05, 4.69) is 0 Å². The number of ether oxygens (including phenoxy) is 1. The van der Waals surface area contributed by atoms with Crippen LogP contribution in [0.4, 0.5) is 5.69 Å². The van der Waals surface area contributed by atoms with E-state index in [-0.39, 0.29) is 24.8 Å². The van der Waals surface area contributed by atoms with E-state index in [0.29, 0.717) is 15.4 Å². The highest BCUT2D eigenvalue weighted by molar-refractivity contribution is 7.99. The van der Waals surface area contributed by atoms with Gasteiger partial charge in [0.1, 0.15) is 6.54 Å². The van der Waals surface area contributed by atoms with Crippen molar-refractivity contribution in [3.63, 3.8) is 0 Å². The van der Waals surface area contributed by atoms with Crippen LogP contribution in [0.25, 0.3) is 0 Å². The van der Waals surface area contributed by atoms with Gasteiger partial charge in [-0.25, -0.2) is 0 Å². The van der Waals surface area contributed by atoms with Crippen molar-refractivity contribution < 1.29 is 19.1 Å². The van der Waals surface area contributed by atoms with Crippen LogP contribution in [0.1, 0.15) is 6.92 Å². The molecule has 0 unspecified atom stereocenters. The average molecular weight is 346 g/mol. The highest BCUT2D eigenvalue weighted by Crippen LogP contribution is 2.18. The molecule has 1 amide bonds. The fourth-order valence-corrected chi connectivity index (χ4v) is 2.80. The molecule has 0 saturated carbocycles. The number of hydrogen-bond donors (Lipinski definition) is 0. The van der Waals surface area contributed by atoms with Gasteiger partial charge in [0.2, 0.25) is 5.91 Å². The first-order valence-electron chi connectivity index (χ1n) is 7.44. The maximum Gasteiger partial charge on any atom is 0.326 e. The van der Waals surface area contributed by atoms with Gasteiger partial charge in [-0.1, -0.05) is 18.2 Å². The number of para-hydroxylation sites is 1. The lowest BCUT2D eigenvalue weighted by Gasteiger charge is -2.21. The molecular formula is C17H18N2O4S. The number of aromatic nitrogens is 1. The van der Waals surface area contributed by atoms with Crippen molar-refractivity contribution in [3.8, 4) is 0 Å². The van der Waals surface area contributed by atoms with Gasteiger partial charge in [-0.3, -0.25) is 9.59 Å². The SMILES string of the molecule is CCOC(=O)CN(C(=O)CSc1cccc[n+]1[O-])c1ccccc1. The summed E-state index contributed by atoms with van der Waals surface area (Å²) in [5.41, 5.74) is 0.610. The second kappa shape index (κ2) is 8.93. The van der Waals surface area contributed by atoms with Gasteiger partial charge < -0.3 is 14.8 Å². The highest BCUT2D eigenvalue weighted by Gasteiger charge is 2.21. The number of esters is 1. The molecule has 0 fully saturated rings. The fourth-order valence-electron chi connectivity index (χ4n) is 2.01. The van der Waals surface area contributed by atoms with Crippen LogP contribution in [-0.4, -0.2) is 30.8 Å². The largest absolute Gasteiger partial charge is 0.618 e. The third-order valence-corrected chi connectivity index (χ3v) is 4.10. The first-order valence-corrected chi connectivity index (χ1v) is 8.42. The molecule has 0 radical (unpaired) electrons. The number of pyridine rings is 1. The Labute approximate surface area is 144 Å². The molecule has 0 aliphatic rings. The topological polar surface area (TPSA) is 73.5 Å². The minimum atomic E-state index is -0.474. The number of benzene rings is 1. The van der Waals surface area contributed by atoms with Crippen molar-refractivity contribution in [1.82, 2.24) is 0 Å². The van der Waals surface area contributed by atoms with E-state index in [1.165, 1.54) is 11.1 Å². The molecule has 2 aromatic rings. The predicted octanol–water partition coefficient (Wildman–Crippen LogP) is 2.01. The van der Waals surface area contributed by atoms with Crippen molar-refractivity contribution in [2.24, 2.45) is 0 Å². The Bertz CT molecular complexity index is 694. The van der Waals surface area contributed by atoms with Crippen LogP contribution in [-0.2, 0) is 14.3 Å². The summed E-state index contributed by atoms with van der Waals surface area (Å²) < 4.78 is 5.64. The van der Waals surface area contributed by atoms with Gasteiger partial charge in [-0.05, 0) is 36.9 Å². The lowest BCUT2D eigenvalue weighted by molar-refractivity contribution is -0.645. The maximum atomic E-state index is 12.6. The van der Waals surface area contributed by atoms with Gasteiger partial charge in [0, 0.05) is 17.8 Å². The summed E-state index contributed by atoms with van der Waals surface area (Å²) in [5, 5.41) is 12.1. The summed E-state index contributed by atoms with van der Waals surface area (Å²) in [6.07, 6.45) is 1.38. The quantitative estimate of drug-likeness (QED) is 0.332. The number of rotatable bonds is 7. The number of amides is 1. The van der Waals surface area contributed by atoms with Gasteiger partial charge in [0.05, 0.1) is 12.4 Å². The Morgan fingerprint density at radius 3 is 2.54 bits per heavy atom. The van der Waals surface area contributed by atoms with Crippen LogP contribution in [0.3, 0.4) is 0 Å². The van der Waals surface area contributed by atoms with Crippen LogP contribution in [0.2, 0.25) is 0 Å². The molecule has 1 aromatic heterocycles. The number of nitrogens with zero attached hydrogens (tertiary/aromatic N) is 2. The lowest BCUT2D eigenvalue weighted by atomic mass is 10.3. The number of anilines is 1. The van der Waals surface area contributed by atoms with Gasteiger partial charge in [0.25, 0.3) is 5.03 Å². The Hall–Kier alpha value is -2.54. The monoisotopic (exact) mass is 346 g/mol. The Morgan fingerprint density at radius 2 is 1.88 bits per heavy atom. The summed E-state index contributed by atoms with van der Waals surface area (Å²) in [5.74, 6) is -0.706. The molecule has 0 aliphatic carbocycles. The second-order valence-corrected chi connectivity index (χ2v) is 5.77. The zero-order valence-electron chi connectivity index (χ0n) is 13.3. The van der Waals surface area contributed by atoms with E-state index in [0.717, 1.165) is 11.8 Å². The normalized spacial score (nSPS) is 10.2. The van der Waals surface area contributed by atoms with E-state index >= 15 is 0 Å². The van der Waals surface area contributed by atoms with Crippen LogP contribution in [0.15, 0.2) is 59.8 Å². The van der Waals surface area contributed by atoms with Crippen molar-refractivity contribution in [2.75, 3.05) is 23.8 Å². The van der Waals surface area contributed by atoms with Crippen LogP contribution in [0, 0.1) is 5.21 Å². The van der Waals surface area contributed by atoms with E-state index in [9.17, 15) is 14.8 Å². The standard InChI is InChI=1S/C17H18N2O4S/c1-2-23-17(21)12-18(14-8-4-3-5-9-14)15(20)13-24-16-10-6-7-11-19(16)22/h3-11H,2,12-13H2,1H3. The zero-order valence-corrected chi connectivity index (χ0v) is 14.1. The average Bonchev–Trinajstić information content (AvgIpc) is 2.60. The van der Waals surface area contributed by atoms with Crippen LogP contribution < -0.4 is 9.63 Å². The van der Waals surface area contributed by atoms with E-state index in [4.69, 9.17) is 4.74 Å². The molecule has 0 atom stereocenters. The number of hydrogen-bond acceptors (Lipinski definition) is 5. The summed E-state index contributed by atoms with van der Waals surface area (Å²) in [6.45, 7) is 1.80. The molecule has 7 heteroatoms. The molecule has 0 N–H and O–H groups in total.